The van der Waals surface area contributed by atoms with Crippen molar-refractivity contribution in [1.82, 2.24) is 0 Å². The summed E-state index contributed by atoms with van der Waals surface area (Å²) in [6, 6.07) is 16.9. The molecule has 1 aliphatic heterocycles. The number of fused-ring (bicyclic) bond motifs is 1. The van der Waals surface area contributed by atoms with Gasteiger partial charge in [0.25, 0.3) is 0 Å². The summed E-state index contributed by atoms with van der Waals surface area (Å²) in [6.07, 6.45) is 2.24. The summed E-state index contributed by atoms with van der Waals surface area (Å²) in [7, 11) is 0. The maximum absolute atomic E-state index is 3.45. The van der Waals surface area contributed by atoms with Gasteiger partial charge in [0.1, 0.15) is 0 Å². The van der Waals surface area contributed by atoms with Gasteiger partial charge in [-0.05, 0) is 35.9 Å². The van der Waals surface area contributed by atoms with Gasteiger partial charge in [-0.25, -0.2) is 0 Å². The number of hydrogen-bond acceptors (Lipinski definition) is 2. The summed E-state index contributed by atoms with van der Waals surface area (Å²) in [5.41, 5.74) is 1.25. The van der Waals surface area contributed by atoms with Gasteiger partial charge in [0, 0.05) is 14.3 Å². The van der Waals surface area contributed by atoms with Crippen LogP contribution in [-0.4, -0.2) is 0 Å². The average Bonchev–Trinajstić information content (AvgIpc) is 2.74. The predicted octanol–water partition coefficient (Wildman–Crippen LogP) is 5.65. The Morgan fingerprint density at radius 1 is 0.824 bits per heavy atom. The smallest absolute Gasteiger partial charge is 0.0505 e. The zero-order valence-corrected chi connectivity index (χ0v) is 12.1. The minimum atomic E-state index is 1.12. The second-order valence-corrected chi connectivity index (χ2v) is 7.01. The van der Waals surface area contributed by atoms with E-state index < -0.39 is 0 Å². The zero-order valence-electron chi connectivity index (χ0n) is 8.89. The van der Waals surface area contributed by atoms with E-state index in [-0.39, 0.29) is 0 Å². The Bertz CT molecular complexity index is 546. The fourth-order valence-corrected chi connectivity index (χ4v) is 4.28. The predicted molar refractivity (Wildman–Crippen MR) is 80.3 cm³/mol. The minimum absolute atomic E-state index is 1.12. The first-order valence-corrected chi connectivity index (χ1v) is 7.66. The quantitative estimate of drug-likeness (QED) is 0.666. The molecule has 0 N–H and O–H groups in total. The molecular formula is C14H9BrS2. The average molecular weight is 321 g/mol. The molecular weight excluding hydrogens is 312 g/mol. The van der Waals surface area contributed by atoms with E-state index in [9.17, 15) is 0 Å². The molecule has 0 radical (unpaired) electrons. The summed E-state index contributed by atoms with van der Waals surface area (Å²) in [4.78, 5) is 2.72. The van der Waals surface area contributed by atoms with Crippen LogP contribution in [0.3, 0.4) is 0 Å². The molecule has 3 heteroatoms. The van der Waals surface area contributed by atoms with Crippen LogP contribution >= 0.6 is 39.5 Å². The lowest BCUT2D eigenvalue weighted by Crippen LogP contribution is -1.71. The highest BCUT2D eigenvalue weighted by atomic mass is 79.9. The van der Waals surface area contributed by atoms with Crippen LogP contribution in [0.5, 0.6) is 0 Å². The van der Waals surface area contributed by atoms with Crippen molar-refractivity contribution >= 4 is 45.5 Å². The molecule has 0 bridgehead atoms. The fraction of sp³-hybridized carbons (Fsp3) is 0. The Hall–Kier alpha value is -0.640. The van der Waals surface area contributed by atoms with E-state index in [1.165, 1.54) is 19.6 Å². The van der Waals surface area contributed by atoms with Gasteiger partial charge in [-0.2, -0.15) is 0 Å². The maximum atomic E-state index is 3.45. The summed E-state index contributed by atoms with van der Waals surface area (Å²) in [5.74, 6) is 0. The second-order valence-electron chi connectivity index (χ2n) is 3.67. The third-order valence-electron chi connectivity index (χ3n) is 2.42. The van der Waals surface area contributed by atoms with Crippen molar-refractivity contribution in [3.05, 3.63) is 62.8 Å². The van der Waals surface area contributed by atoms with E-state index >= 15 is 0 Å². The summed E-state index contributed by atoms with van der Waals surface area (Å²) < 4.78 is 2.46. The highest BCUT2D eigenvalue weighted by molar-refractivity contribution is 9.10. The molecule has 0 fully saturated rings. The first-order valence-electron chi connectivity index (χ1n) is 5.23. The van der Waals surface area contributed by atoms with Gasteiger partial charge in [-0.1, -0.05) is 63.7 Å². The highest BCUT2D eigenvalue weighted by Crippen LogP contribution is 2.51. The second kappa shape index (κ2) is 4.92. The molecule has 0 saturated heterocycles. The van der Waals surface area contributed by atoms with Crippen molar-refractivity contribution in [2.75, 3.05) is 0 Å². The molecule has 2 aromatic carbocycles. The van der Waals surface area contributed by atoms with Crippen LogP contribution in [0.4, 0.5) is 0 Å². The van der Waals surface area contributed by atoms with Crippen molar-refractivity contribution in [3.8, 4) is 0 Å². The Labute approximate surface area is 118 Å². The van der Waals surface area contributed by atoms with Crippen molar-refractivity contribution < 1.29 is 0 Å². The van der Waals surface area contributed by atoms with Crippen LogP contribution < -0.4 is 0 Å². The number of rotatable bonds is 1. The topological polar surface area (TPSA) is 0 Å². The molecule has 0 aliphatic carbocycles. The lowest BCUT2D eigenvalue weighted by atomic mass is 10.2. The third kappa shape index (κ3) is 2.62. The minimum Gasteiger partial charge on any atom is -0.0815 e. The van der Waals surface area contributed by atoms with E-state index in [1.54, 1.807) is 0 Å². The van der Waals surface area contributed by atoms with Gasteiger partial charge in [0.15, 0.2) is 0 Å². The van der Waals surface area contributed by atoms with E-state index in [4.69, 9.17) is 0 Å². The molecule has 17 heavy (non-hydrogen) atoms. The summed E-state index contributed by atoms with van der Waals surface area (Å²) >= 11 is 7.15. The number of hydrogen-bond donors (Lipinski definition) is 0. The van der Waals surface area contributed by atoms with Gasteiger partial charge >= 0.3 is 0 Å². The molecule has 2 aromatic rings. The standard InChI is InChI=1S/C14H9BrS2/c15-11-7-5-10(6-8-11)9-14-16-12-3-1-2-4-13(12)17-14/h1-9H. The van der Waals surface area contributed by atoms with Gasteiger partial charge in [-0.15, -0.1) is 0 Å². The molecule has 0 atom stereocenters. The Balaban J connectivity index is 1.87. The highest BCUT2D eigenvalue weighted by Gasteiger charge is 2.16. The molecule has 1 aliphatic rings. The third-order valence-corrected chi connectivity index (χ3v) is 5.37. The lowest BCUT2D eigenvalue weighted by molar-refractivity contribution is 1.27. The van der Waals surface area contributed by atoms with Crippen molar-refractivity contribution in [2.24, 2.45) is 0 Å². The van der Waals surface area contributed by atoms with Gasteiger partial charge in [0.05, 0.1) is 4.24 Å². The van der Waals surface area contributed by atoms with Gasteiger partial charge < -0.3 is 0 Å². The van der Waals surface area contributed by atoms with E-state index in [0.717, 1.165) is 4.47 Å². The van der Waals surface area contributed by atoms with E-state index in [1.807, 2.05) is 23.5 Å². The molecule has 0 amide bonds. The molecule has 3 rings (SSSR count). The van der Waals surface area contributed by atoms with Crippen molar-refractivity contribution in [3.63, 3.8) is 0 Å². The molecule has 0 aromatic heterocycles. The van der Waals surface area contributed by atoms with E-state index in [2.05, 4.69) is 70.5 Å². The van der Waals surface area contributed by atoms with Gasteiger partial charge in [-0.3, -0.25) is 0 Å². The number of halogens is 1. The molecule has 1 heterocycles. The van der Waals surface area contributed by atoms with Crippen LogP contribution in [0, 0.1) is 0 Å². The Kier molecular flexibility index (Phi) is 3.32. The fourth-order valence-electron chi connectivity index (χ4n) is 1.61. The van der Waals surface area contributed by atoms with Crippen molar-refractivity contribution in [2.45, 2.75) is 9.79 Å². The van der Waals surface area contributed by atoms with Crippen LogP contribution in [0.15, 0.2) is 67.0 Å². The first-order chi connectivity index (χ1) is 8.31. The SMILES string of the molecule is Brc1ccc(C=C2Sc3ccccc3S2)cc1. The number of benzene rings is 2. The molecule has 84 valence electrons. The lowest BCUT2D eigenvalue weighted by Gasteiger charge is -1.96. The van der Waals surface area contributed by atoms with Gasteiger partial charge in [0.2, 0.25) is 0 Å². The van der Waals surface area contributed by atoms with Crippen LogP contribution in [-0.2, 0) is 0 Å². The molecule has 0 saturated carbocycles. The largest absolute Gasteiger partial charge is 0.0815 e. The summed E-state index contributed by atoms with van der Waals surface area (Å²) in [6.45, 7) is 0. The first kappa shape index (κ1) is 11.5. The Morgan fingerprint density at radius 3 is 2.00 bits per heavy atom. The van der Waals surface area contributed by atoms with Crippen LogP contribution in [0.2, 0.25) is 0 Å². The monoisotopic (exact) mass is 320 g/mol. The van der Waals surface area contributed by atoms with Crippen molar-refractivity contribution in [1.29, 1.82) is 0 Å². The molecule has 0 spiro atoms. The van der Waals surface area contributed by atoms with E-state index in [0.29, 0.717) is 0 Å². The normalized spacial score (nSPS) is 13.6. The summed E-state index contributed by atoms with van der Waals surface area (Å²) in [5, 5.41) is 0. The zero-order chi connectivity index (χ0) is 11.7. The maximum Gasteiger partial charge on any atom is 0.0505 e. The molecule has 0 nitrogen and oxygen atoms in total. The van der Waals surface area contributed by atoms with Crippen LogP contribution in [0.25, 0.3) is 6.08 Å². The van der Waals surface area contributed by atoms with Crippen LogP contribution in [0.1, 0.15) is 5.56 Å². The Morgan fingerprint density at radius 2 is 1.41 bits per heavy atom. The molecule has 0 unspecified atom stereocenters. The number of thioether (sulfide) groups is 2.